The number of ether oxygens (including phenoxy) is 2. The Morgan fingerprint density at radius 1 is 1.25 bits per heavy atom. The van der Waals surface area contributed by atoms with Crippen LogP contribution >= 0.6 is 15.9 Å². The largest absolute Gasteiger partial charge is 0.377 e. The lowest BCUT2D eigenvalue weighted by atomic mass is 10.2. The third-order valence-corrected chi connectivity index (χ3v) is 3.38. The molecule has 3 nitrogen and oxygen atoms in total. The number of nitrogens with one attached hydrogen (secondary N) is 1. The van der Waals surface area contributed by atoms with Crippen LogP contribution in [0.3, 0.4) is 0 Å². The molecule has 1 N–H and O–H groups in total. The Morgan fingerprint density at radius 2 is 1.88 bits per heavy atom. The highest BCUT2D eigenvalue weighted by atomic mass is 79.9. The molecule has 0 aliphatic heterocycles. The molecule has 16 heavy (non-hydrogen) atoms. The number of hydrogen-bond acceptors (Lipinski definition) is 3. The molecule has 0 aliphatic carbocycles. The van der Waals surface area contributed by atoms with Gasteiger partial charge < -0.3 is 14.8 Å². The highest BCUT2D eigenvalue weighted by Gasteiger charge is 2.16. The van der Waals surface area contributed by atoms with Crippen LogP contribution in [0.25, 0.3) is 0 Å². The average molecular weight is 288 g/mol. The minimum atomic E-state index is -0.251. The highest BCUT2D eigenvalue weighted by Crippen LogP contribution is 2.24. The van der Waals surface area contributed by atoms with Crippen molar-refractivity contribution in [2.24, 2.45) is 0 Å². The number of halogens is 1. The Hall–Kier alpha value is -0.580. The number of hydrogen-bond donors (Lipinski definition) is 1. The maximum Gasteiger partial charge on any atom is 0.176 e. The molecule has 0 radical (unpaired) electrons. The Kier molecular flexibility index (Phi) is 5.25. The van der Waals surface area contributed by atoms with Gasteiger partial charge in [-0.25, -0.2) is 0 Å². The van der Waals surface area contributed by atoms with E-state index in [2.05, 4.69) is 28.2 Å². The number of benzene rings is 1. The molecule has 0 bridgehead atoms. The highest BCUT2D eigenvalue weighted by molar-refractivity contribution is 9.10. The van der Waals surface area contributed by atoms with Crippen LogP contribution in [0.4, 0.5) is 5.69 Å². The lowest BCUT2D eigenvalue weighted by Gasteiger charge is -2.24. The van der Waals surface area contributed by atoms with Crippen LogP contribution in [-0.4, -0.2) is 26.6 Å². The smallest absolute Gasteiger partial charge is 0.176 e. The van der Waals surface area contributed by atoms with Gasteiger partial charge in [-0.2, -0.15) is 0 Å². The van der Waals surface area contributed by atoms with Crippen molar-refractivity contribution in [3.8, 4) is 0 Å². The minimum Gasteiger partial charge on any atom is -0.377 e. The molecule has 0 saturated carbocycles. The van der Waals surface area contributed by atoms with E-state index in [1.807, 2.05) is 25.1 Å². The minimum absolute atomic E-state index is 0.0861. The lowest BCUT2D eigenvalue weighted by molar-refractivity contribution is -0.109. The molecule has 4 heteroatoms. The maximum absolute atomic E-state index is 5.21. The molecule has 0 saturated heterocycles. The van der Waals surface area contributed by atoms with Crippen LogP contribution in [0, 0.1) is 6.92 Å². The third-order valence-electron chi connectivity index (χ3n) is 2.52. The first kappa shape index (κ1) is 13.5. The van der Waals surface area contributed by atoms with Gasteiger partial charge in [0.2, 0.25) is 0 Å². The summed E-state index contributed by atoms with van der Waals surface area (Å²) in [4.78, 5) is 0. The van der Waals surface area contributed by atoms with Crippen LogP contribution in [0.5, 0.6) is 0 Å². The van der Waals surface area contributed by atoms with Gasteiger partial charge in [0.15, 0.2) is 6.29 Å². The van der Waals surface area contributed by atoms with Gasteiger partial charge in [-0.1, -0.05) is 22.0 Å². The summed E-state index contributed by atoms with van der Waals surface area (Å²) in [5.41, 5.74) is 2.27. The lowest BCUT2D eigenvalue weighted by Crippen LogP contribution is -2.34. The van der Waals surface area contributed by atoms with E-state index in [1.54, 1.807) is 14.2 Å². The number of methoxy groups -OCH3 is 2. The second-order valence-corrected chi connectivity index (χ2v) is 4.54. The van der Waals surface area contributed by atoms with Crippen molar-refractivity contribution >= 4 is 21.6 Å². The quantitative estimate of drug-likeness (QED) is 0.844. The summed E-state index contributed by atoms with van der Waals surface area (Å²) in [6, 6.07) is 6.15. The molecule has 0 amide bonds. The average Bonchev–Trinajstić information content (AvgIpc) is 2.26. The molecule has 1 unspecified atom stereocenters. The van der Waals surface area contributed by atoms with E-state index in [0.29, 0.717) is 0 Å². The van der Waals surface area contributed by atoms with Gasteiger partial charge in [0, 0.05) is 24.4 Å². The Morgan fingerprint density at radius 3 is 2.44 bits per heavy atom. The van der Waals surface area contributed by atoms with Crippen LogP contribution in [0.2, 0.25) is 0 Å². The summed E-state index contributed by atoms with van der Waals surface area (Å²) < 4.78 is 11.5. The van der Waals surface area contributed by atoms with E-state index < -0.39 is 0 Å². The van der Waals surface area contributed by atoms with Gasteiger partial charge in [0.25, 0.3) is 0 Å². The van der Waals surface area contributed by atoms with Crippen molar-refractivity contribution in [2.45, 2.75) is 26.2 Å². The van der Waals surface area contributed by atoms with Crippen molar-refractivity contribution in [1.29, 1.82) is 0 Å². The molecule has 0 fully saturated rings. The normalized spacial score (nSPS) is 12.9. The van der Waals surface area contributed by atoms with E-state index in [-0.39, 0.29) is 12.3 Å². The molecule has 1 rings (SSSR count). The third kappa shape index (κ3) is 3.20. The van der Waals surface area contributed by atoms with E-state index in [0.717, 1.165) is 10.2 Å². The van der Waals surface area contributed by atoms with Gasteiger partial charge >= 0.3 is 0 Å². The summed E-state index contributed by atoms with van der Waals surface area (Å²) in [5.74, 6) is 0. The first-order valence-electron chi connectivity index (χ1n) is 5.17. The first-order chi connectivity index (χ1) is 7.60. The van der Waals surface area contributed by atoms with Crippen molar-refractivity contribution in [1.82, 2.24) is 0 Å². The summed E-state index contributed by atoms with van der Waals surface area (Å²) in [7, 11) is 3.28. The van der Waals surface area contributed by atoms with Crippen LogP contribution < -0.4 is 5.32 Å². The van der Waals surface area contributed by atoms with E-state index in [4.69, 9.17) is 9.47 Å². The van der Waals surface area contributed by atoms with Crippen LogP contribution in [0.1, 0.15) is 12.5 Å². The van der Waals surface area contributed by atoms with Gasteiger partial charge in [-0.05, 0) is 31.5 Å². The predicted octanol–water partition coefficient (Wildman–Crippen LogP) is 3.18. The van der Waals surface area contributed by atoms with E-state index in [1.165, 1.54) is 5.56 Å². The predicted molar refractivity (Wildman–Crippen MR) is 69.8 cm³/mol. The first-order valence-corrected chi connectivity index (χ1v) is 5.96. The van der Waals surface area contributed by atoms with Crippen molar-refractivity contribution < 1.29 is 9.47 Å². The van der Waals surface area contributed by atoms with E-state index >= 15 is 0 Å². The molecule has 90 valence electrons. The molecule has 1 aromatic rings. The second kappa shape index (κ2) is 6.23. The summed E-state index contributed by atoms with van der Waals surface area (Å²) in [6.45, 7) is 4.09. The summed E-state index contributed by atoms with van der Waals surface area (Å²) >= 11 is 3.50. The fraction of sp³-hybridized carbons (Fsp3) is 0.500. The van der Waals surface area contributed by atoms with Crippen molar-refractivity contribution in [3.63, 3.8) is 0 Å². The molecule has 1 atom stereocenters. The molecule has 0 heterocycles. The van der Waals surface area contributed by atoms with E-state index in [9.17, 15) is 0 Å². The zero-order valence-electron chi connectivity index (χ0n) is 10.1. The van der Waals surface area contributed by atoms with Crippen LogP contribution in [-0.2, 0) is 9.47 Å². The topological polar surface area (TPSA) is 30.5 Å². The van der Waals surface area contributed by atoms with Gasteiger partial charge in [-0.15, -0.1) is 0 Å². The Bertz CT molecular complexity index is 340. The monoisotopic (exact) mass is 287 g/mol. The zero-order valence-corrected chi connectivity index (χ0v) is 11.7. The summed E-state index contributed by atoms with van der Waals surface area (Å²) in [5, 5.41) is 3.37. The molecular formula is C12H18BrNO2. The zero-order chi connectivity index (χ0) is 12.1. The molecule has 0 aromatic heterocycles. The molecular weight excluding hydrogens is 270 g/mol. The molecule has 0 spiro atoms. The standard InChI is InChI=1S/C12H18BrNO2/c1-8-10(13)6-5-7-11(8)14-9(2)12(15-3)16-4/h5-7,9,12,14H,1-4H3. The number of anilines is 1. The van der Waals surface area contributed by atoms with Gasteiger partial charge in [0.1, 0.15) is 0 Å². The Labute approximate surface area is 105 Å². The number of rotatable bonds is 5. The fourth-order valence-corrected chi connectivity index (χ4v) is 1.95. The second-order valence-electron chi connectivity index (χ2n) is 3.69. The fourth-order valence-electron chi connectivity index (χ4n) is 1.58. The Balaban J connectivity index is 2.76. The maximum atomic E-state index is 5.21. The molecule has 0 aliphatic rings. The van der Waals surface area contributed by atoms with Gasteiger partial charge in [0.05, 0.1) is 6.04 Å². The summed E-state index contributed by atoms with van der Waals surface area (Å²) in [6.07, 6.45) is -0.251. The van der Waals surface area contributed by atoms with Crippen molar-refractivity contribution in [3.05, 3.63) is 28.2 Å². The molecule has 1 aromatic carbocycles. The SMILES string of the molecule is COC(OC)C(C)Nc1cccc(Br)c1C. The van der Waals surface area contributed by atoms with Crippen molar-refractivity contribution in [2.75, 3.05) is 19.5 Å². The van der Waals surface area contributed by atoms with Gasteiger partial charge in [-0.3, -0.25) is 0 Å². The van der Waals surface area contributed by atoms with Crippen LogP contribution in [0.15, 0.2) is 22.7 Å².